The van der Waals surface area contributed by atoms with Crippen LogP contribution in [0.5, 0.6) is 0 Å². The van der Waals surface area contributed by atoms with E-state index in [4.69, 9.17) is 4.55 Å². The molecule has 2 aliphatic rings. The molecular formula is C37H35N7O9S. The lowest BCUT2D eigenvalue weighted by atomic mass is 9.91. The summed E-state index contributed by atoms with van der Waals surface area (Å²) in [5, 5.41) is 20.3. The summed E-state index contributed by atoms with van der Waals surface area (Å²) in [5.74, 6) is -1.28. The number of carbonyl (C=O) groups is 4. The van der Waals surface area contributed by atoms with E-state index in [2.05, 4.69) is 20.6 Å². The Morgan fingerprint density at radius 1 is 0.722 bits per heavy atom. The van der Waals surface area contributed by atoms with Gasteiger partial charge >= 0.3 is 0 Å². The third-order valence-electron chi connectivity index (χ3n) is 9.01. The fourth-order valence-electron chi connectivity index (χ4n) is 6.70. The zero-order chi connectivity index (χ0) is 38.9. The Morgan fingerprint density at radius 2 is 1.17 bits per heavy atom. The van der Waals surface area contributed by atoms with E-state index in [-0.39, 0.29) is 29.6 Å². The van der Waals surface area contributed by atoms with Gasteiger partial charge in [-0.05, 0) is 55.0 Å². The number of aromatic nitrogens is 2. The Kier molecular flexibility index (Phi) is 10.6. The normalized spacial score (nSPS) is 15.0. The molecule has 3 N–H and O–H groups in total. The monoisotopic (exact) mass is 753 g/mol. The maximum Gasteiger partial charge on any atom is 0.270 e. The van der Waals surface area contributed by atoms with Crippen molar-refractivity contribution in [1.29, 1.82) is 0 Å². The van der Waals surface area contributed by atoms with E-state index in [1.807, 2.05) is 19.1 Å². The van der Waals surface area contributed by atoms with Gasteiger partial charge < -0.3 is 10.6 Å². The van der Waals surface area contributed by atoms with E-state index >= 15 is 0 Å². The predicted octanol–water partition coefficient (Wildman–Crippen LogP) is 3.71. The molecule has 0 saturated carbocycles. The van der Waals surface area contributed by atoms with Gasteiger partial charge in [0.2, 0.25) is 0 Å². The quantitative estimate of drug-likeness (QED) is 0.0576. The van der Waals surface area contributed by atoms with E-state index in [1.165, 1.54) is 17.0 Å². The number of hydrogen-bond donors (Lipinski definition) is 3. The number of rotatable bonds is 11. The summed E-state index contributed by atoms with van der Waals surface area (Å²) in [6.45, 7) is 5.11. The molecule has 0 unspecified atom stereocenters. The topological polar surface area (TPSA) is 222 Å². The number of nitro benzene ring substituents is 1. The maximum atomic E-state index is 13.8. The Morgan fingerprint density at radius 3 is 1.65 bits per heavy atom. The van der Waals surface area contributed by atoms with Gasteiger partial charge in [0.1, 0.15) is 0 Å². The number of carbonyl (C=O) groups excluding carboxylic acids is 4. The molecule has 4 aromatic carbocycles. The predicted molar refractivity (Wildman–Crippen MR) is 199 cm³/mol. The average molecular weight is 754 g/mol. The Labute approximate surface area is 309 Å². The van der Waals surface area contributed by atoms with Crippen molar-refractivity contribution in [3.8, 4) is 11.4 Å². The summed E-state index contributed by atoms with van der Waals surface area (Å²) in [7, 11) is -3.67. The van der Waals surface area contributed by atoms with E-state index in [0.29, 0.717) is 70.1 Å². The van der Waals surface area contributed by atoms with Gasteiger partial charge in [-0.3, -0.25) is 43.6 Å². The molecule has 0 saturated heterocycles. The van der Waals surface area contributed by atoms with Gasteiger partial charge in [-0.15, -0.1) is 0 Å². The van der Waals surface area contributed by atoms with Crippen molar-refractivity contribution in [2.75, 3.05) is 32.4 Å². The molecule has 54 heavy (non-hydrogen) atoms. The van der Waals surface area contributed by atoms with Crippen molar-refractivity contribution in [3.63, 3.8) is 0 Å². The molecule has 1 aromatic heterocycles. The van der Waals surface area contributed by atoms with Gasteiger partial charge in [-0.1, -0.05) is 24.3 Å². The standard InChI is InChI=1S/C36H31N7O6.CH4O3S/c1-20(41-33(44)26-8-3-6-22-14-24(32-39-10-5-11-40-32)16-28(30(22)26)35(41)46)18-37-12-13-38-19-21(2)42-34(45)27-9-4-7-23-15-25(43(48)49)17-29(31(23)27)36(42)47;1-5(2,3)4/h3-11,14-17,20-21,37-38H,12-13,18-19H2,1-2H3;1H3,(H,2,3,4)/t20-,21+;/m1./s1. The molecule has 5 aromatic rings. The second kappa shape index (κ2) is 15.2. The highest BCUT2D eigenvalue weighted by atomic mass is 32.2. The van der Waals surface area contributed by atoms with E-state index in [0.717, 1.165) is 10.3 Å². The smallest absolute Gasteiger partial charge is 0.270 e. The Balaban J connectivity index is 0.000000934. The van der Waals surface area contributed by atoms with Crippen LogP contribution in [0.15, 0.2) is 79.1 Å². The lowest BCUT2D eigenvalue weighted by molar-refractivity contribution is -0.384. The number of nitrogens with one attached hydrogen (secondary N) is 2. The summed E-state index contributed by atoms with van der Waals surface area (Å²) in [6, 6.07) is 17.3. The van der Waals surface area contributed by atoms with Crippen molar-refractivity contribution >= 4 is 61.0 Å². The zero-order valence-corrected chi connectivity index (χ0v) is 30.2. The number of nitrogens with zero attached hydrogens (tertiary/aromatic N) is 5. The molecule has 2 aliphatic heterocycles. The van der Waals surface area contributed by atoms with Crippen LogP contribution < -0.4 is 10.6 Å². The van der Waals surface area contributed by atoms with Crippen molar-refractivity contribution in [1.82, 2.24) is 30.4 Å². The third-order valence-corrected chi connectivity index (χ3v) is 9.01. The number of imide groups is 2. The van der Waals surface area contributed by atoms with Crippen LogP contribution in [-0.2, 0) is 10.1 Å². The van der Waals surface area contributed by atoms with Gasteiger partial charge in [0.25, 0.3) is 39.4 Å². The van der Waals surface area contributed by atoms with Crippen LogP contribution in [0.3, 0.4) is 0 Å². The zero-order valence-electron chi connectivity index (χ0n) is 29.3. The number of amides is 4. The minimum absolute atomic E-state index is 0.132. The highest BCUT2D eigenvalue weighted by Gasteiger charge is 2.38. The fourth-order valence-corrected chi connectivity index (χ4v) is 6.70. The molecule has 7 rings (SSSR count). The molecule has 0 aliphatic carbocycles. The largest absolute Gasteiger partial charge is 0.313 e. The summed E-state index contributed by atoms with van der Waals surface area (Å²) < 4.78 is 25.9. The first-order chi connectivity index (χ1) is 25.7. The highest BCUT2D eigenvalue weighted by molar-refractivity contribution is 7.85. The molecule has 4 amide bonds. The first-order valence-corrected chi connectivity index (χ1v) is 18.7. The van der Waals surface area contributed by atoms with Crippen molar-refractivity contribution in [3.05, 3.63) is 111 Å². The van der Waals surface area contributed by atoms with Crippen LogP contribution in [0.25, 0.3) is 32.9 Å². The fraction of sp³-hybridized carbons (Fsp3) is 0.243. The van der Waals surface area contributed by atoms with Gasteiger partial charge in [-0.2, -0.15) is 8.42 Å². The molecule has 0 spiro atoms. The number of benzene rings is 4. The highest BCUT2D eigenvalue weighted by Crippen LogP contribution is 2.35. The van der Waals surface area contributed by atoms with Crippen molar-refractivity contribution in [2.24, 2.45) is 0 Å². The average Bonchev–Trinajstić information content (AvgIpc) is 3.13. The Bertz CT molecular complexity index is 2450. The molecule has 16 nitrogen and oxygen atoms in total. The minimum atomic E-state index is -3.67. The van der Waals surface area contributed by atoms with Crippen molar-refractivity contribution < 1.29 is 37.1 Å². The van der Waals surface area contributed by atoms with Crippen LogP contribution in [0.1, 0.15) is 55.3 Å². The summed E-state index contributed by atoms with van der Waals surface area (Å²) >= 11 is 0. The number of nitro groups is 1. The number of hydrogen-bond acceptors (Lipinski definition) is 12. The summed E-state index contributed by atoms with van der Waals surface area (Å²) in [5.41, 5.74) is 1.82. The van der Waals surface area contributed by atoms with Crippen LogP contribution in [-0.4, -0.2) is 106 Å². The first-order valence-electron chi connectivity index (χ1n) is 16.8. The van der Waals surface area contributed by atoms with Gasteiger partial charge in [0.05, 0.1) is 16.7 Å². The van der Waals surface area contributed by atoms with Crippen molar-refractivity contribution in [2.45, 2.75) is 25.9 Å². The SMILES string of the molecule is CS(=O)(=O)O.C[C@H](CNCCNC[C@H](C)N1C(=O)c2cccc3cc([N+](=O)[O-])cc(c23)C1=O)N1C(=O)c2cccc3cc(-c4ncccn4)cc(c23)C1=O. The van der Waals surface area contributed by atoms with E-state index < -0.39 is 38.9 Å². The van der Waals surface area contributed by atoms with Gasteiger partial charge in [-0.25, -0.2) is 9.97 Å². The first kappa shape index (κ1) is 37.7. The van der Waals surface area contributed by atoms with Gasteiger partial charge in [0, 0.05) is 95.8 Å². The lowest BCUT2D eigenvalue weighted by Crippen LogP contribution is -2.51. The molecule has 2 atom stereocenters. The van der Waals surface area contributed by atoms with Crippen LogP contribution in [0, 0.1) is 10.1 Å². The second-order valence-electron chi connectivity index (χ2n) is 13.0. The van der Waals surface area contributed by atoms with Gasteiger partial charge in [0.15, 0.2) is 5.82 Å². The van der Waals surface area contributed by atoms with Crippen LogP contribution in [0.2, 0.25) is 0 Å². The molecule has 17 heteroatoms. The molecule has 3 heterocycles. The minimum Gasteiger partial charge on any atom is -0.313 e. The van der Waals surface area contributed by atoms with E-state index in [1.54, 1.807) is 61.8 Å². The van der Waals surface area contributed by atoms with Crippen LogP contribution >= 0.6 is 0 Å². The second-order valence-corrected chi connectivity index (χ2v) is 14.4. The van der Waals surface area contributed by atoms with Crippen LogP contribution in [0.4, 0.5) is 5.69 Å². The molecule has 0 radical (unpaired) electrons. The summed E-state index contributed by atoms with van der Waals surface area (Å²) in [6.07, 6.45) is 3.99. The molecule has 0 bridgehead atoms. The maximum absolute atomic E-state index is 13.8. The third kappa shape index (κ3) is 7.56. The molecule has 0 fully saturated rings. The summed E-state index contributed by atoms with van der Waals surface area (Å²) in [4.78, 5) is 76.2. The Hall–Kier alpha value is -6.01. The molecule has 278 valence electrons. The molecular weight excluding hydrogens is 719 g/mol. The van der Waals surface area contributed by atoms with E-state index in [9.17, 15) is 37.7 Å². The lowest BCUT2D eigenvalue weighted by Gasteiger charge is -2.32. The number of non-ortho nitro benzene ring substituents is 1.